The molecule has 140 valence electrons. The van der Waals surface area contributed by atoms with Gasteiger partial charge in [-0.15, -0.1) is 11.8 Å². The van der Waals surface area contributed by atoms with Crippen LogP contribution in [-0.4, -0.2) is 29.1 Å². The van der Waals surface area contributed by atoms with Crippen LogP contribution < -0.4 is 5.32 Å². The van der Waals surface area contributed by atoms with E-state index in [-0.39, 0.29) is 0 Å². The van der Waals surface area contributed by atoms with Crippen molar-refractivity contribution in [1.29, 1.82) is 0 Å². The second kappa shape index (κ2) is 9.48. The van der Waals surface area contributed by atoms with E-state index >= 15 is 0 Å². The minimum Gasteiger partial charge on any atom is -0.444 e. The van der Waals surface area contributed by atoms with Crippen LogP contribution in [-0.2, 0) is 4.74 Å². The summed E-state index contributed by atoms with van der Waals surface area (Å²) >= 11 is 1.88. The Bertz CT molecular complexity index is 550. The highest BCUT2D eigenvalue weighted by molar-refractivity contribution is 7.99. The molecule has 5 heteroatoms. The number of ether oxygens (including phenoxy) is 1. The van der Waals surface area contributed by atoms with Crippen LogP contribution in [0.2, 0.25) is 0 Å². The van der Waals surface area contributed by atoms with Crippen molar-refractivity contribution in [1.82, 2.24) is 5.32 Å². The van der Waals surface area contributed by atoms with Gasteiger partial charge >= 0.3 is 6.09 Å². The first kappa shape index (κ1) is 20.1. The highest BCUT2D eigenvalue weighted by Gasteiger charge is 2.17. The molecule has 25 heavy (non-hydrogen) atoms. The molecule has 1 aliphatic carbocycles. The van der Waals surface area contributed by atoms with E-state index in [1.165, 1.54) is 36.3 Å². The van der Waals surface area contributed by atoms with Crippen molar-refractivity contribution in [3.05, 3.63) is 29.8 Å². The summed E-state index contributed by atoms with van der Waals surface area (Å²) in [7, 11) is 0. The van der Waals surface area contributed by atoms with Crippen LogP contribution in [0.25, 0.3) is 0 Å². The van der Waals surface area contributed by atoms with Gasteiger partial charge in [0.25, 0.3) is 0 Å². The Balaban J connectivity index is 1.76. The number of rotatable bonds is 7. The fourth-order valence-electron chi connectivity index (χ4n) is 2.99. The number of aliphatic hydroxyl groups is 1. The molecule has 1 amide bonds. The van der Waals surface area contributed by atoms with Gasteiger partial charge in [0.2, 0.25) is 0 Å². The van der Waals surface area contributed by atoms with E-state index in [0.29, 0.717) is 13.0 Å². The van der Waals surface area contributed by atoms with E-state index in [0.717, 1.165) is 11.5 Å². The molecule has 1 aromatic rings. The third-order valence-electron chi connectivity index (χ3n) is 4.29. The van der Waals surface area contributed by atoms with Crippen LogP contribution >= 0.6 is 11.8 Å². The Kier molecular flexibility index (Phi) is 7.63. The first-order chi connectivity index (χ1) is 11.8. The van der Waals surface area contributed by atoms with Crippen molar-refractivity contribution >= 4 is 17.9 Å². The summed E-state index contributed by atoms with van der Waals surface area (Å²) in [6.45, 7) is 5.87. The van der Waals surface area contributed by atoms with Gasteiger partial charge in [-0.25, -0.2) is 4.79 Å². The number of aliphatic hydroxyl groups excluding tert-OH is 1. The van der Waals surface area contributed by atoms with Crippen molar-refractivity contribution < 1.29 is 14.6 Å². The van der Waals surface area contributed by atoms with E-state index in [1.807, 2.05) is 44.7 Å². The third-order valence-corrected chi connectivity index (χ3v) is 5.51. The van der Waals surface area contributed by atoms with E-state index < -0.39 is 17.8 Å². The number of alkyl carbamates (subject to hydrolysis) is 1. The number of carbonyl (C=O) groups is 1. The normalized spacial score (nSPS) is 16.6. The van der Waals surface area contributed by atoms with Gasteiger partial charge in [-0.1, -0.05) is 25.0 Å². The van der Waals surface area contributed by atoms with E-state index in [1.54, 1.807) is 0 Å². The minimum absolute atomic E-state index is 0.384. The van der Waals surface area contributed by atoms with Gasteiger partial charge in [0.15, 0.2) is 0 Å². The number of hydrogen-bond acceptors (Lipinski definition) is 4. The standard InChI is InChI=1S/C20H31NO3S/c1-20(2,3)24-19(23)21-12-11-18(22)16-9-6-10-17(13-16)25-14-15-7-4-5-8-15/h6,9-10,13,15,18,22H,4-5,7-8,11-12,14H2,1-3H3,(H,21,23). The van der Waals surface area contributed by atoms with Gasteiger partial charge < -0.3 is 15.2 Å². The maximum atomic E-state index is 11.6. The fraction of sp³-hybridized carbons (Fsp3) is 0.650. The van der Waals surface area contributed by atoms with Crippen LogP contribution in [0.3, 0.4) is 0 Å². The van der Waals surface area contributed by atoms with Crippen LogP contribution in [0.15, 0.2) is 29.2 Å². The quantitative estimate of drug-likeness (QED) is 0.674. The summed E-state index contributed by atoms with van der Waals surface area (Å²) in [4.78, 5) is 12.8. The Morgan fingerprint density at radius 2 is 2.08 bits per heavy atom. The topological polar surface area (TPSA) is 58.6 Å². The molecule has 1 saturated carbocycles. The molecule has 1 unspecified atom stereocenters. The molecule has 0 aromatic heterocycles. The molecule has 0 radical (unpaired) electrons. The lowest BCUT2D eigenvalue weighted by Gasteiger charge is -2.20. The van der Waals surface area contributed by atoms with Crippen molar-refractivity contribution in [3.63, 3.8) is 0 Å². The second-order valence-electron chi connectivity index (χ2n) is 7.77. The van der Waals surface area contributed by atoms with Gasteiger partial charge in [-0.2, -0.15) is 0 Å². The van der Waals surface area contributed by atoms with Crippen LogP contribution in [0, 0.1) is 5.92 Å². The summed E-state index contributed by atoms with van der Waals surface area (Å²) in [5.41, 5.74) is 0.399. The van der Waals surface area contributed by atoms with E-state index in [4.69, 9.17) is 4.74 Å². The summed E-state index contributed by atoms with van der Waals surface area (Å²) < 4.78 is 5.19. The average molecular weight is 366 g/mol. The summed E-state index contributed by atoms with van der Waals surface area (Å²) in [5, 5.41) is 13.1. The first-order valence-corrected chi connectivity index (χ1v) is 10.2. The van der Waals surface area contributed by atoms with Crippen LogP contribution in [0.5, 0.6) is 0 Å². The van der Waals surface area contributed by atoms with E-state index in [2.05, 4.69) is 17.4 Å². The van der Waals surface area contributed by atoms with Crippen molar-refractivity contribution in [2.75, 3.05) is 12.3 Å². The number of carbonyl (C=O) groups excluding carboxylic acids is 1. The zero-order chi connectivity index (χ0) is 18.3. The zero-order valence-corrected chi connectivity index (χ0v) is 16.4. The molecule has 1 atom stereocenters. The molecule has 1 aromatic carbocycles. The Morgan fingerprint density at radius 1 is 1.36 bits per heavy atom. The van der Waals surface area contributed by atoms with Crippen molar-refractivity contribution in [3.8, 4) is 0 Å². The molecule has 1 aliphatic rings. The molecule has 0 aliphatic heterocycles. The van der Waals surface area contributed by atoms with Crippen molar-refractivity contribution in [2.45, 2.75) is 69.5 Å². The number of benzene rings is 1. The monoisotopic (exact) mass is 365 g/mol. The molecule has 0 bridgehead atoms. The maximum absolute atomic E-state index is 11.6. The fourth-order valence-corrected chi connectivity index (χ4v) is 4.15. The first-order valence-electron chi connectivity index (χ1n) is 9.21. The number of amides is 1. The third kappa shape index (κ3) is 7.70. The summed E-state index contributed by atoms with van der Waals surface area (Å²) in [6.07, 6.45) is 4.89. The second-order valence-corrected chi connectivity index (χ2v) is 8.86. The number of thioether (sulfide) groups is 1. The largest absolute Gasteiger partial charge is 0.444 e. The highest BCUT2D eigenvalue weighted by Crippen LogP contribution is 2.32. The number of nitrogens with one attached hydrogen (secondary N) is 1. The molecule has 0 spiro atoms. The molecule has 2 N–H and O–H groups in total. The van der Waals surface area contributed by atoms with Crippen LogP contribution in [0.1, 0.15) is 64.5 Å². The Morgan fingerprint density at radius 3 is 2.76 bits per heavy atom. The van der Waals surface area contributed by atoms with Gasteiger partial charge in [-0.3, -0.25) is 0 Å². The average Bonchev–Trinajstić information content (AvgIpc) is 3.05. The molecule has 0 saturated heterocycles. The molecule has 2 rings (SSSR count). The molecule has 4 nitrogen and oxygen atoms in total. The van der Waals surface area contributed by atoms with Crippen molar-refractivity contribution in [2.24, 2.45) is 5.92 Å². The Hall–Kier alpha value is -1.20. The zero-order valence-electron chi connectivity index (χ0n) is 15.6. The molecular weight excluding hydrogens is 334 g/mol. The number of hydrogen-bond donors (Lipinski definition) is 2. The van der Waals surface area contributed by atoms with Gasteiger partial charge in [0, 0.05) is 17.2 Å². The molecule has 0 heterocycles. The van der Waals surface area contributed by atoms with Gasteiger partial charge in [0.05, 0.1) is 6.10 Å². The lowest BCUT2D eigenvalue weighted by atomic mass is 10.1. The SMILES string of the molecule is CC(C)(C)OC(=O)NCCC(O)c1cccc(SCC2CCCC2)c1. The summed E-state index contributed by atoms with van der Waals surface area (Å²) in [6, 6.07) is 8.11. The lowest BCUT2D eigenvalue weighted by Crippen LogP contribution is -2.33. The lowest BCUT2D eigenvalue weighted by molar-refractivity contribution is 0.0518. The smallest absolute Gasteiger partial charge is 0.407 e. The van der Waals surface area contributed by atoms with Crippen LogP contribution in [0.4, 0.5) is 4.79 Å². The molecular formula is C20H31NO3S. The van der Waals surface area contributed by atoms with Gasteiger partial charge in [0.1, 0.15) is 5.60 Å². The van der Waals surface area contributed by atoms with E-state index in [9.17, 15) is 9.90 Å². The predicted octanol–water partition coefficient (Wildman–Crippen LogP) is 4.92. The summed E-state index contributed by atoms with van der Waals surface area (Å²) in [5.74, 6) is 2.01. The maximum Gasteiger partial charge on any atom is 0.407 e. The highest BCUT2D eigenvalue weighted by atomic mass is 32.2. The van der Waals surface area contributed by atoms with Gasteiger partial charge in [-0.05, 0) is 63.6 Å². The minimum atomic E-state index is -0.582. The predicted molar refractivity (Wildman–Crippen MR) is 103 cm³/mol. The molecule has 1 fully saturated rings. The Labute approximate surface area is 155 Å².